The largest absolute Gasteiger partial charge is 0.394 e. The van der Waals surface area contributed by atoms with Gasteiger partial charge in [0.1, 0.15) is 54.6 Å². The summed E-state index contributed by atoms with van der Waals surface area (Å²) in [6, 6.07) is -0.885. The van der Waals surface area contributed by atoms with Crippen molar-refractivity contribution in [3.8, 4) is 0 Å². The third-order valence-electron chi connectivity index (χ3n) is 23.7. The first-order valence-corrected chi connectivity index (χ1v) is 44.1. The predicted molar refractivity (Wildman–Crippen MR) is 464 cm³/mol. The molecule has 6 amide bonds. The molecule has 5 saturated heterocycles. The van der Waals surface area contributed by atoms with Crippen LogP contribution in [0.4, 0.5) is 0 Å². The summed E-state index contributed by atoms with van der Waals surface area (Å²) in [6.07, 6.45) is -4.97. The van der Waals surface area contributed by atoms with Crippen LogP contribution < -0.4 is 26.6 Å². The molecule has 34 heteroatoms. The van der Waals surface area contributed by atoms with Gasteiger partial charge in [-0.05, 0) is 127 Å². The smallest absolute Gasteiger partial charge is 0.223 e. The van der Waals surface area contributed by atoms with Gasteiger partial charge in [0.05, 0.1) is 56.9 Å². The normalized spacial score (nSPS) is 28.8. The van der Waals surface area contributed by atoms with Gasteiger partial charge in [-0.2, -0.15) is 0 Å². The molecular formula is C89H170N6O28. The number of likely N-dealkylation sites (tertiary alicyclic amines) is 1. The number of carbonyl (C=O) groups is 8. The lowest BCUT2D eigenvalue weighted by molar-refractivity contribution is -0.282. The maximum absolute atomic E-state index is 14.8. The van der Waals surface area contributed by atoms with Crippen LogP contribution in [0.15, 0.2) is 0 Å². The molecule has 0 aromatic carbocycles. The predicted octanol–water partition coefficient (Wildman–Crippen LogP) is 5.06. The Morgan fingerprint density at radius 3 is 1.11 bits per heavy atom. The summed E-state index contributed by atoms with van der Waals surface area (Å²) in [6.45, 7) is 13.4. The van der Waals surface area contributed by atoms with Gasteiger partial charge in [0, 0.05) is 146 Å². The molecule has 0 saturated carbocycles. The van der Waals surface area contributed by atoms with Gasteiger partial charge >= 0.3 is 0 Å². The second kappa shape index (κ2) is 65.0. The van der Waals surface area contributed by atoms with Crippen LogP contribution in [0.1, 0.15) is 278 Å². The highest BCUT2D eigenvalue weighted by atomic mass is 16.7. The van der Waals surface area contributed by atoms with Gasteiger partial charge in [-0.3, -0.25) is 38.4 Å². The fourth-order valence-electron chi connectivity index (χ4n) is 15.9. The fourth-order valence-corrected chi connectivity index (χ4v) is 15.9. The van der Waals surface area contributed by atoms with Crippen molar-refractivity contribution in [2.45, 2.75) is 389 Å². The number of aliphatic hydroxyl groups is 12. The van der Waals surface area contributed by atoms with Crippen LogP contribution in [0.2, 0.25) is 0 Å². The summed E-state index contributed by atoms with van der Waals surface area (Å²) in [5.41, 5.74) is 0. The minimum Gasteiger partial charge on any atom is -0.394 e. The Morgan fingerprint density at radius 2 is 0.724 bits per heavy atom. The first-order valence-electron chi connectivity index (χ1n) is 44.1. The zero-order chi connectivity index (χ0) is 86.8. The summed E-state index contributed by atoms with van der Waals surface area (Å²) in [7, 11) is 0. The minimum atomic E-state index is -1.30. The monoisotopic (exact) mass is 1770 g/mol. The van der Waals surface area contributed by atoms with E-state index in [0.717, 1.165) is 32.1 Å². The van der Waals surface area contributed by atoms with Gasteiger partial charge in [0.25, 0.3) is 0 Å². The second-order valence-electron chi connectivity index (χ2n) is 34.1. The second-order valence-corrected chi connectivity index (χ2v) is 34.1. The Bertz CT molecular complexity index is 2870. The summed E-state index contributed by atoms with van der Waals surface area (Å²) in [5.74, 6) is -5.19. The molecule has 5 heterocycles. The number of nitrogens with one attached hydrogen (secondary N) is 5. The Morgan fingerprint density at radius 1 is 0.382 bits per heavy atom. The summed E-state index contributed by atoms with van der Waals surface area (Å²) in [5, 5.41) is 136. The number of rotatable bonds is 60. The maximum atomic E-state index is 14.8. The van der Waals surface area contributed by atoms with Crippen LogP contribution in [0.3, 0.4) is 0 Å². The molecule has 123 heavy (non-hydrogen) atoms. The van der Waals surface area contributed by atoms with Crippen molar-refractivity contribution in [1.29, 1.82) is 0 Å². The highest BCUT2D eigenvalue weighted by Crippen LogP contribution is 2.33. The van der Waals surface area contributed by atoms with E-state index in [2.05, 4.69) is 47.4 Å². The average molecular weight is 1770 g/mol. The number of aliphatic hydroxyl groups excluding tert-OH is 12. The molecule has 0 aromatic rings. The molecule has 724 valence electrons. The van der Waals surface area contributed by atoms with Gasteiger partial charge in [0.2, 0.25) is 35.4 Å². The Hall–Kier alpha value is -4.64. The molecule has 5 aliphatic heterocycles. The molecule has 17 N–H and O–H groups in total. The minimum absolute atomic E-state index is 0. The Balaban J connectivity index is 0.0000298. The number of carbonyl (C=O) groups excluding carboxylic acids is 8. The number of hydrogen-bond donors (Lipinski definition) is 17. The number of unbranched alkanes of at least 4 members (excludes halogenated alkanes) is 8. The van der Waals surface area contributed by atoms with Crippen molar-refractivity contribution in [2.24, 2.45) is 47.3 Å². The average Bonchev–Trinajstić information content (AvgIpc) is 1.74. The van der Waals surface area contributed by atoms with Crippen molar-refractivity contribution < 1.29 is 138 Å². The molecule has 0 aromatic heterocycles. The molecule has 5 aliphatic rings. The van der Waals surface area contributed by atoms with Crippen LogP contribution in [0.5, 0.6) is 0 Å². The standard InChI is InChI=1S/C84H150N6O28.5CH4/c1-51(2)25-8-9-28-59-43-52(3)46-90(59)70(100)34-24-38-88-80(110)58(45-62(96)61(89-69(99)33-16-23-42-114-84-56(7)74(104)78(108)66(50-94)118-84)30-12-19-36-86-68(98)32-15-22-41-113-83-55(6)73(103)77(107)65(49-93)117-83)27-11-18-37-87-79(109)57(44-60(95)29-13-20-39-111-81-53(4)71(101)75(105)63(47-91)115-81)26-10-17-35-85-67(97)31-14-21-40-112-82-54(5)72(102)76(106)64(48-92)116-82;;;;;/h51-59,61,63-66,71-78,81-84,91-94,101-108H,8-50H2,1-7H3,(H,85,97)(H,86,98)(H,87,109)(H,88,110)(H,89,99);5*1H4/t52-,53?,54?,55?,56?,57?,58?,59-,61?,63?,64?,65?,66?,71-,72-,73-,74-,75+,76+,77+,78+,81-,82-,83-,84-;;;;;/m1...../s1. The topological polar surface area (TPSA) is 517 Å². The molecule has 5 fully saturated rings. The Kier molecular flexibility index (Phi) is 62.5. The molecule has 0 bridgehead atoms. The first kappa shape index (κ1) is 118. The van der Waals surface area contributed by atoms with Gasteiger partial charge < -0.3 is 131 Å². The van der Waals surface area contributed by atoms with Crippen molar-refractivity contribution in [3.63, 3.8) is 0 Å². The van der Waals surface area contributed by atoms with E-state index in [1.807, 2.05) is 4.90 Å². The van der Waals surface area contributed by atoms with Crippen molar-refractivity contribution in [3.05, 3.63) is 0 Å². The highest BCUT2D eigenvalue weighted by molar-refractivity contribution is 5.92. The number of amides is 6. The number of Topliss-reactive ketones (excluding diaryl/α,β-unsaturated/α-hetero) is 2. The van der Waals surface area contributed by atoms with E-state index in [4.69, 9.17) is 37.9 Å². The van der Waals surface area contributed by atoms with Crippen LogP contribution in [-0.2, 0) is 76.3 Å². The summed E-state index contributed by atoms with van der Waals surface area (Å²) < 4.78 is 45.9. The van der Waals surface area contributed by atoms with E-state index in [9.17, 15) is 99.6 Å². The first-order chi connectivity index (χ1) is 56.4. The van der Waals surface area contributed by atoms with Crippen molar-refractivity contribution >= 4 is 47.0 Å². The molecule has 0 spiro atoms. The zero-order valence-electron chi connectivity index (χ0n) is 71.3. The lowest BCUT2D eigenvalue weighted by Gasteiger charge is -2.40. The van der Waals surface area contributed by atoms with Crippen LogP contribution in [0, 0.1) is 47.3 Å². The number of ketones is 2. The molecule has 11 unspecified atom stereocenters. The molecular weight excluding hydrogens is 1600 g/mol. The van der Waals surface area contributed by atoms with Crippen LogP contribution in [0.25, 0.3) is 0 Å². The SMILES string of the molecule is C.C.C.C.C.CC(C)CCCC[C@@H]1C[C@@H](C)CN1C(=O)CCCNC(=O)C(CCCCNC(=O)C(CCCCNC(=O)CCCCO[C@@H]1OC(CO)[C@H](O)[C@H](O)C1C)CC(=O)CCCCO[C@@H]1OC(CO)[C@H](O)[C@H](O)C1C)CC(=O)C(CCCCNC(=O)CCCCO[C@@H]1OC(CO)[C@H](O)[C@H](O)C1C)NC(=O)CCCCO[C@@H]1OC(CO)[C@H](O)[C@H](O)C1C. The van der Waals surface area contributed by atoms with Gasteiger partial charge in [0.15, 0.2) is 30.9 Å². The van der Waals surface area contributed by atoms with Crippen LogP contribution in [-0.4, -0.2) is 309 Å². The van der Waals surface area contributed by atoms with E-state index in [1.54, 1.807) is 27.7 Å². The van der Waals surface area contributed by atoms with Gasteiger partial charge in [-0.1, -0.05) is 118 Å². The molecule has 0 aliphatic carbocycles. The van der Waals surface area contributed by atoms with E-state index < -0.39 is 184 Å². The zero-order valence-corrected chi connectivity index (χ0v) is 71.3. The lowest BCUT2D eigenvalue weighted by atomic mass is 9.90. The van der Waals surface area contributed by atoms with Gasteiger partial charge in [-0.15, -0.1) is 0 Å². The Labute approximate surface area is 734 Å². The van der Waals surface area contributed by atoms with E-state index >= 15 is 0 Å². The number of hydrogen-bond acceptors (Lipinski definition) is 28. The van der Waals surface area contributed by atoms with Crippen LogP contribution >= 0.6 is 0 Å². The van der Waals surface area contributed by atoms with Crippen molar-refractivity contribution in [1.82, 2.24) is 31.5 Å². The van der Waals surface area contributed by atoms with Crippen molar-refractivity contribution in [2.75, 3.05) is 85.6 Å². The quantitative estimate of drug-likeness (QED) is 0.0354. The number of nitrogens with zero attached hydrogens (tertiary/aromatic N) is 1. The summed E-state index contributed by atoms with van der Waals surface area (Å²) >= 11 is 0. The van der Waals surface area contributed by atoms with E-state index in [0.29, 0.717) is 128 Å². The summed E-state index contributed by atoms with van der Waals surface area (Å²) in [4.78, 5) is 113. The number of ether oxygens (including phenoxy) is 8. The lowest BCUT2D eigenvalue weighted by Crippen LogP contribution is -2.55. The molecule has 0 radical (unpaired) electrons. The third kappa shape index (κ3) is 41.8. The molecule has 34 nitrogen and oxygen atoms in total. The third-order valence-corrected chi connectivity index (χ3v) is 23.7. The fraction of sp³-hybridized carbons (Fsp3) is 0.910. The van der Waals surface area contributed by atoms with E-state index in [-0.39, 0.29) is 176 Å². The molecule has 5 rings (SSSR count). The highest BCUT2D eigenvalue weighted by Gasteiger charge is 2.46. The van der Waals surface area contributed by atoms with E-state index in [1.165, 1.54) is 0 Å². The maximum Gasteiger partial charge on any atom is 0.223 e. The van der Waals surface area contributed by atoms with Gasteiger partial charge in [-0.25, -0.2) is 0 Å². The molecule has 25 atom stereocenters.